The van der Waals surface area contributed by atoms with Crippen molar-refractivity contribution < 1.29 is 9.53 Å². The number of hydrogen-bond acceptors (Lipinski definition) is 4. The first-order valence-electron chi connectivity index (χ1n) is 10.1. The van der Waals surface area contributed by atoms with Gasteiger partial charge in [0.25, 0.3) is 5.91 Å². The van der Waals surface area contributed by atoms with E-state index in [4.69, 9.17) is 9.73 Å². The fourth-order valence-electron chi connectivity index (χ4n) is 3.59. The zero-order valence-corrected chi connectivity index (χ0v) is 19.2. The van der Waals surface area contributed by atoms with E-state index in [1.54, 1.807) is 11.3 Å². The van der Waals surface area contributed by atoms with Gasteiger partial charge < -0.3 is 10.1 Å². The van der Waals surface area contributed by atoms with Crippen molar-refractivity contribution in [1.82, 2.24) is 0 Å². The van der Waals surface area contributed by atoms with E-state index in [1.165, 1.54) is 16.9 Å². The minimum atomic E-state index is -0.0828. The molecule has 0 unspecified atom stereocenters. The zero-order valence-electron chi connectivity index (χ0n) is 16.8. The number of ether oxygens (including phenoxy) is 1. The van der Waals surface area contributed by atoms with Crippen molar-refractivity contribution in [3.63, 3.8) is 0 Å². The Bertz CT molecular complexity index is 1080. The molecule has 4 rings (SSSR count). The van der Waals surface area contributed by atoms with Crippen molar-refractivity contribution in [2.24, 2.45) is 4.99 Å². The van der Waals surface area contributed by atoms with Gasteiger partial charge in [0.05, 0.1) is 16.6 Å². The summed E-state index contributed by atoms with van der Waals surface area (Å²) in [6, 6.07) is 15.4. The molecule has 4 nitrogen and oxygen atoms in total. The molecule has 0 saturated heterocycles. The second-order valence-electron chi connectivity index (χ2n) is 7.09. The largest absolute Gasteiger partial charge is 0.493 e. The second kappa shape index (κ2) is 9.58. The van der Waals surface area contributed by atoms with E-state index < -0.39 is 0 Å². The lowest BCUT2D eigenvalue weighted by Crippen LogP contribution is -2.14. The van der Waals surface area contributed by atoms with E-state index in [0.717, 1.165) is 51.3 Å². The molecule has 0 bridgehead atoms. The summed E-state index contributed by atoms with van der Waals surface area (Å²) in [7, 11) is 0. The molecule has 1 heterocycles. The number of hydrogen-bond donors (Lipinski definition) is 1. The number of halogens is 1. The van der Waals surface area contributed by atoms with Crippen LogP contribution in [0, 0.1) is 0 Å². The highest BCUT2D eigenvalue weighted by Crippen LogP contribution is 2.40. The van der Waals surface area contributed by atoms with Crippen LogP contribution in [0.5, 0.6) is 5.75 Å². The molecular formula is C24H23BrN2O2S. The Morgan fingerprint density at radius 1 is 1.20 bits per heavy atom. The number of para-hydroxylation sites is 1. The van der Waals surface area contributed by atoms with Crippen LogP contribution in [0.25, 0.3) is 0 Å². The van der Waals surface area contributed by atoms with Gasteiger partial charge in [-0.15, -0.1) is 11.3 Å². The molecule has 0 atom stereocenters. The molecule has 1 aromatic heterocycles. The van der Waals surface area contributed by atoms with Crippen molar-refractivity contribution in [2.45, 2.75) is 32.6 Å². The van der Waals surface area contributed by atoms with E-state index in [9.17, 15) is 4.79 Å². The fourth-order valence-corrected chi connectivity index (χ4v) is 5.34. The lowest BCUT2D eigenvalue weighted by molar-refractivity contribution is 0.102. The maximum absolute atomic E-state index is 13.1. The van der Waals surface area contributed by atoms with Gasteiger partial charge in [-0.05, 0) is 90.0 Å². The van der Waals surface area contributed by atoms with E-state index in [1.807, 2.05) is 61.7 Å². The highest BCUT2D eigenvalue weighted by molar-refractivity contribution is 9.10. The molecule has 30 heavy (non-hydrogen) atoms. The summed E-state index contributed by atoms with van der Waals surface area (Å²) in [4.78, 5) is 19.2. The summed E-state index contributed by atoms with van der Waals surface area (Å²) < 4.78 is 6.46. The minimum Gasteiger partial charge on any atom is -0.493 e. The minimum absolute atomic E-state index is 0.0828. The molecule has 2 aromatic carbocycles. The molecule has 1 N–H and O–H groups in total. The number of rotatable bonds is 6. The molecule has 0 radical (unpaired) electrons. The average Bonchev–Trinajstić information content (AvgIpc) is 3.13. The molecule has 154 valence electrons. The topological polar surface area (TPSA) is 50.7 Å². The molecule has 1 aliphatic carbocycles. The monoisotopic (exact) mass is 482 g/mol. The standard InChI is InChI=1S/C24H23BrN2O2S/c1-2-29-20-13-12-16(14-19(20)25)15-26-24-22(18-10-6-7-11-21(18)30-24)23(28)27-17-8-4-3-5-9-17/h3-5,8-9,12-15H,2,6-7,10-11H2,1H3,(H,27,28). The van der Waals surface area contributed by atoms with Gasteiger partial charge in [0, 0.05) is 16.8 Å². The zero-order chi connectivity index (χ0) is 20.9. The van der Waals surface area contributed by atoms with Crippen molar-refractivity contribution in [3.05, 3.63) is 74.6 Å². The van der Waals surface area contributed by atoms with E-state index >= 15 is 0 Å². The number of thiophene rings is 1. The Labute approximate surface area is 189 Å². The second-order valence-corrected chi connectivity index (χ2v) is 9.03. The lowest BCUT2D eigenvalue weighted by Gasteiger charge is -2.12. The number of fused-ring (bicyclic) bond motifs is 1. The van der Waals surface area contributed by atoms with E-state index in [2.05, 4.69) is 21.2 Å². The van der Waals surface area contributed by atoms with Crippen LogP contribution in [-0.2, 0) is 12.8 Å². The van der Waals surface area contributed by atoms with Gasteiger partial charge in [-0.3, -0.25) is 4.79 Å². The number of nitrogens with one attached hydrogen (secondary N) is 1. The molecular weight excluding hydrogens is 460 g/mol. The quantitative estimate of drug-likeness (QED) is 0.393. The van der Waals surface area contributed by atoms with Crippen LogP contribution < -0.4 is 10.1 Å². The van der Waals surface area contributed by atoms with Gasteiger partial charge in [0.2, 0.25) is 0 Å². The number of benzene rings is 2. The molecule has 6 heteroatoms. The Morgan fingerprint density at radius 2 is 2.00 bits per heavy atom. The number of aryl methyl sites for hydroxylation is 1. The first kappa shape index (κ1) is 20.8. The molecule has 1 amide bonds. The van der Waals surface area contributed by atoms with Crippen molar-refractivity contribution in [2.75, 3.05) is 11.9 Å². The van der Waals surface area contributed by atoms with Crippen LogP contribution in [0.3, 0.4) is 0 Å². The van der Waals surface area contributed by atoms with Gasteiger partial charge in [-0.2, -0.15) is 0 Å². The fraction of sp³-hybridized carbons (Fsp3) is 0.250. The smallest absolute Gasteiger partial charge is 0.259 e. The average molecular weight is 483 g/mol. The Morgan fingerprint density at radius 3 is 2.77 bits per heavy atom. The van der Waals surface area contributed by atoms with Crippen LogP contribution in [0.4, 0.5) is 10.7 Å². The molecule has 0 spiro atoms. The van der Waals surface area contributed by atoms with Gasteiger partial charge >= 0.3 is 0 Å². The van der Waals surface area contributed by atoms with E-state index in [-0.39, 0.29) is 5.91 Å². The highest BCUT2D eigenvalue weighted by atomic mass is 79.9. The number of amides is 1. The third kappa shape index (κ3) is 4.65. The number of nitrogens with zero attached hydrogens (tertiary/aromatic N) is 1. The molecule has 3 aromatic rings. The number of carbonyl (C=O) groups excluding carboxylic acids is 1. The maximum Gasteiger partial charge on any atom is 0.259 e. The van der Waals surface area contributed by atoms with Crippen LogP contribution in [0.2, 0.25) is 0 Å². The highest BCUT2D eigenvalue weighted by Gasteiger charge is 2.25. The molecule has 0 saturated carbocycles. The Hall–Kier alpha value is -2.44. The summed E-state index contributed by atoms with van der Waals surface area (Å²) in [6.07, 6.45) is 6.06. The van der Waals surface area contributed by atoms with E-state index in [0.29, 0.717) is 6.61 Å². The maximum atomic E-state index is 13.1. The van der Waals surface area contributed by atoms with Crippen molar-refractivity contribution in [1.29, 1.82) is 0 Å². The lowest BCUT2D eigenvalue weighted by atomic mass is 9.95. The number of aliphatic imine (C=N–C) groups is 1. The van der Waals surface area contributed by atoms with Crippen LogP contribution in [-0.4, -0.2) is 18.7 Å². The van der Waals surface area contributed by atoms with Crippen molar-refractivity contribution in [3.8, 4) is 5.75 Å². The van der Waals surface area contributed by atoms with Gasteiger partial charge in [0.1, 0.15) is 10.8 Å². The molecule has 0 aliphatic heterocycles. The first-order valence-corrected chi connectivity index (χ1v) is 11.7. The predicted molar refractivity (Wildman–Crippen MR) is 128 cm³/mol. The van der Waals surface area contributed by atoms with Gasteiger partial charge in [0.15, 0.2) is 0 Å². The SMILES string of the molecule is CCOc1ccc(C=Nc2sc3c(c2C(=O)Nc2ccccc2)CCCC3)cc1Br. The summed E-state index contributed by atoms with van der Waals surface area (Å²) in [6.45, 7) is 2.58. The van der Waals surface area contributed by atoms with Crippen LogP contribution in [0.1, 0.15) is 46.1 Å². The first-order chi connectivity index (χ1) is 14.7. The number of carbonyl (C=O) groups is 1. The third-order valence-corrected chi connectivity index (χ3v) is 6.82. The van der Waals surface area contributed by atoms with Crippen LogP contribution >= 0.6 is 27.3 Å². The normalized spacial score (nSPS) is 13.3. The number of anilines is 1. The third-order valence-electron chi connectivity index (χ3n) is 5.00. The predicted octanol–water partition coefficient (Wildman–Crippen LogP) is 6.79. The van der Waals surface area contributed by atoms with Crippen molar-refractivity contribution >= 4 is 50.1 Å². The Balaban J connectivity index is 1.64. The van der Waals surface area contributed by atoms with Crippen LogP contribution in [0.15, 0.2) is 58.0 Å². The summed E-state index contributed by atoms with van der Waals surface area (Å²) in [5, 5.41) is 3.81. The summed E-state index contributed by atoms with van der Waals surface area (Å²) >= 11 is 5.19. The van der Waals surface area contributed by atoms with Gasteiger partial charge in [-0.1, -0.05) is 18.2 Å². The summed E-state index contributed by atoms with van der Waals surface area (Å²) in [5.74, 6) is 0.727. The molecule has 1 aliphatic rings. The Kier molecular flexibility index (Phi) is 6.65. The molecule has 0 fully saturated rings. The summed E-state index contributed by atoms with van der Waals surface area (Å²) in [5.41, 5.74) is 3.63. The van der Waals surface area contributed by atoms with Gasteiger partial charge in [-0.25, -0.2) is 4.99 Å².